The van der Waals surface area contributed by atoms with Gasteiger partial charge < -0.3 is 19.7 Å². The molecule has 2 amide bonds. The molecule has 1 aliphatic rings. The molecule has 0 bridgehead atoms. The van der Waals surface area contributed by atoms with Crippen LogP contribution in [-0.2, 0) is 17.9 Å². The summed E-state index contributed by atoms with van der Waals surface area (Å²) < 4.78 is 11.3. The molecule has 0 saturated heterocycles. The fourth-order valence-electron chi connectivity index (χ4n) is 3.81. The summed E-state index contributed by atoms with van der Waals surface area (Å²) in [7, 11) is 1.54. The Morgan fingerprint density at radius 1 is 1.09 bits per heavy atom. The van der Waals surface area contributed by atoms with E-state index in [0.717, 1.165) is 11.1 Å². The Morgan fingerprint density at radius 3 is 2.59 bits per heavy atom. The van der Waals surface area contributed by atoms with Crippen molar-refractivity contribution in [1.82, 2.24) is 4.90 Å². The Labute approximate surface area is 187 Å². The number of nitrogens with one attached hydrogen (secondary N) is 1. The van der Waals surface area contributed by atoms with Gasteiger partial charge in [-0.05, 0) is 42.3 Å². The summed E-state index contributed by atoms with van der Waals surface area (Å²) in [5.41, 5.74) is 2.99. The molecule has 6 heteroatoms. The second-order valence-corrected chi connectivity index (χ2v) is 7.67. The van der Waals surface area contributed by atoms with Gasteiger partial charge in [-0.3, -0.25) is 9.59 Å². The van der Waals surface area contributed by atoms with Gasteiger partial charge in [0.15, 0.2) is 6.10 Å². The first-order chi connectivity index (χ1) is 15.6. The maximum atomic E-state index is 13.1. The number of anilines is 1. The van der Waals surface area contributed by atoms with Crippen molar-refractivity contribution in [2.45, 2.75) is 32.5 Å². The molecule has 32 heavy (non-hydrogen) atoms. The van der Waals surface area contributed by atoms with E-state index in [0.29, 0.717) is 42.3 Å². The Kier molecular flexibility index (Phi) is 6.40. The molecule has 0 spiro atoms. The standard InChI is InChI=1S/C26H26N2O4/c1-3-22-26(30)28(16-18-9-5-4-6-10-18)17-19-15-20(13-14-23(19)32-22)27-25(29)21-11-7-8-12-24(21)31-2/h4-15,22H,3,16-17H2,1-2H3,(H,27,29). The molecule has 1 N–H and O–H groups in total. The first-order valence-corrected chi connectivity index (χ1v) is 10.7. The van der Waals surface area contributed by atoms with Crippen molar-refractivity contribution in [2.24, 2.45) is 0 Å². The van der Waals surface area contributed by atoms with Crippen molar-refractivity contribution in [2.75, 3.05) is 12.4 Å². The molecule has 3 aromatic carbocycles. The van der Waals surface area contributed by atoms with Crippen molar-refractivity contribution in [3.63, 3.8) is 0 Å². The zero-order valence-electron chi connectivity index (χ0n) is 18.2. The number of benzene rings is 3. The molecule has 0 aliphatic carbocycles. The Morgan fingerprint density at radius 2 is 1.84 bits per heavy atom. The van der Waals surface area contributed by atoms with E-state index in [1.54, 1.807) is 29.2 Å². The summed E-state index contributed by atoms with van der Waals surface area (Å²) in [6.07, 6.45) is 0.0459. The number of carbonyl (C=O) groups is 2. The minimum Gasteiger partial charge on any atom is -0.496 e. The lowest BCUT2D eigenvalue weighted by atomic mass is 10.1. The van der Waals surface area contributed by atoms with Crippen LogP contribution in [0.15, 0.2) is 72.8 Å². The minimum atomic E-state index is -0.533. The molecule has 4 rings (SSSR count). The Balaban J connectivity index is 1.59. The second-order valence-electron chi connectivity index (χ2n) is 7.67. The summed E-state index contributed by atoms with van der Waals surface area (Å²) in [6.45, 7) is 2.84. The van der Waals surface area contributed by atoms with E-state index in [9.17, 15) is 9.59 Å². The number of fused-ring (bicyclic) bond motifs is 1. The van der Waals surface area contributed by atoms with Gasteiger partial charge in [-0.15, -0.1) is 0 Å². The van der Waals surface area contributed by atoms with Crippen LogP contribution >= 0.6 is 0 Å². The third-order valence-corrected chi connectivity index (χ3v) is 5.47. The van der Waals surface area contributed by atoms with Crippen LogP contribution in [0.25, 0.3) is 0 Å². The highest BCUT2D eigenvalue weighted by molar-refractivity contribution is 6.06. The molecule has 0 radical (unpaired) electrons. The van der Waals surface area contributed by atoms with Gasteiger partial charge in [0.1, 0.15) is 11.5 Å². The third kappa shape index (κ3) is 4.59. The number of methoxy groups -OCH3 is 1. The van der Waals surface area contributed by atoms with E-state index < -0.39 is 6.10 Å². The number of hydrogen-bond acceptors (Lipinski definition) is 4. The molecule has 1 aliphatic heterocycles. The zero-order chi connectivity index (χ0) is 22.5. The first kappa shape index (κ1) is 21.4. The van der Waals surface area contributed by atoms with Crippen molar-refractivity contribution in [1.29, 1.82) is 0 Å². The minimum absolute atomic E-state index is 0.0350. The van der Waals surface area contributed by atoms with Gasteiger partial charge in [-0.1, -0.05) is 49.4 Å². The molecule has 164 valence electrons. The Bertz CT molecular complexity index is 1110. The molecule has 0 saturated carbocycles. The molecular weight excluding hydrogens is 404 g/mol. The van der Waals surface area contributed by atoms with Gasteiger partial charge >= 0.3 is 0 Å². The van der Waals surface area contributed by atoms with Crippen LogP contribution in [0, 0.1) is 0 Å². The first-order valence-electron chi connectivity index (χ1n) is 10.7. The average molecular weight is 431 g/mol. The molecular formula is C26H26N2O4. The van der Waals surface area contributed by atoms with Crippen molar-refractivity contribution in [3.8, 4) is 11.5 Å². The van der Waals surface area contributed by atoms with E-state index >= 15 is 0 Å². The topological polar surface area (TPSA) is 67.9 Å². The number of nitrogens with zero attached hydrogens (tertiary/aromatic N) is 1. The summed E-state index contributed by atoms with van der Waals surface area (Å²) in [6, 6.07) is 22.4. The number of hydrogen-bond donors (Lipinski definition) is 1. The van der Waals surface area contributed by atoms with Gasteiger partial charge in [0, 0.05) is 24.3 Å². The maximum absolute atomic E-state index is 13.1. The highest BCUT2D eigenvalue weighted by Gasteiger charge is 2.30. The lowest BCUT2D eigenvalue weighted by Gasteiger charge is -2.23. The monoisotopic (exact) mass is 430 g/mol. The predicted octanol–water partition coefficient (Wildman–Crippen LogP) is 4.65. The summed E-state index contributed by atoms with van der Waals surface area (Å²) >= 11 is 0. The van der Waals surface area contributed by atoms with Crippen molar-refractivity contribution in [3.05, 3.63) is 89.5 Å². The van der Waals surface area contributed by atoms with Crippen LogP contribution < -0.4 is 14.8 Å². The van der Waals surface area contributed by atoms with Crippen LogP contribution in [-0.4, -0.2) is 29.9 Å². The number of amides is 2. The van der Waals surface area contributed by atoms with Gasteiger partial charge in [0.25, 0.3) is 11.8 Å². The van der Waals surface area contributed by atoms with E-state index in [1.165, 1.54) is 7.11 Å². The summed E-state index contributed by atoms with van der Waals surface area (Å²) in [4.78, 5) is 27.7. The highest BCUT2D eigenvalue weighted by Crippen LogP contribution is 2.30. The number of para-hydroxylation sites is 1. The van der Waals surface area contributed by atoms with Crippen LogP contribution in [0.1, 0.15) is 34.8 Å². The van der Waals surface area contributed by atoms with Crippen LogP contribution in [0.3, 0.4) is 0 Å². The van der Waals surface area contributed by atoms with Gasteiger partial charge in [-0.25, -0.2) is 0 Å². The average Bonchev–Trinajstić information content (AvgIpc) is 2.95. The molecule has 1 atom stereocenters. The number of ether oxygens (including phenoxy) is 2. The third-order valence-electron chi connectivity index (χ3n) is 5.47. The zero-order valence-corrected chi connectivity index (χ0v) is 18.2. The van der Waals surface area contributed by atoms with Gasteiger partial charge in [-0.2, -0.15) is 0 Å². The van der Waals surface area contributed by atoms with E-state index in [1.807, 2.05) is 55.5 Å². The molecule has 1 heterocycles. The fraction of sp³-hybridized carbons (Fsp3) is 0.231. The summed E-state index contributed by atoms with van der Waals surface area (Å²) in [5.74, 6) is 0.873. The largest absolute Gasteiger partial charge is 0.496 e. The van der Waals surface area contributed by atoms with Crippen LogP contribution in [0.5, 0.6) is 11.5 Å². The normalized spacial score (nSPS) is 15.4. The number of rotatable bonds is 6. The molecule has 3 aromatic rings. The van der Waals surface area contributed by atoms with Crippen LogP contribution in [0.2, 0.25) is 0 Å². The SMILES string of the molecule is CCC1Oc2ccc(NC(=O)c3ccccc3OC)cc2CN(Cc2ccccc2)C1=O. The molecule has 1 unspecified atom stereocenters. The van der Waals surface area contributed by atoms with Crippen LogP contribution in [0.4, 0.5) is 5.69 Å². The van der Waals surface area contributed by atoms with Crippen molar-refractivity contribution >= 4 is 17.5 Å². The van der Waals surface area contributed by atoms with E-state index in [-0.39, 0.29) is 11.8 Å². The van der Waals surface area contributed by atoms with E-state index in [4.69, 9.17) is 9.47 Å². The van der Waals surface area contributed by atoms with Gasteiger partial charge in [0.05, 0.1) is 12.7 Å². The Hall–Kier alpha value is -3.80. The molecule has 6 nitrogen and oxygen atoms in total. The van der Waals surface area contributed by atoms with Crippen molar-refractivity contribution < 1.29 is 19.1 Å². The highest BCUT2D eigenvalue weighted by atomic mass is 16.5. The second kappa shape index (κ2) is 9.56. The number of carbonyl (C=O) groups excluding carboxylic acids is 2. The lowest BCUT2D eigenvalue weighted by molar-refractivity contribution is -0.139. The summed E-state index contributed by atoms with van der Waals surface area (Å²) in [5, 5.41) is 2.93. The maximum Gasteiger partial charge on any atom is 0.264 e. The lowest BCUT2D eigenvalue weighted by Crippen LogP contribution is -2.38. The quantitative estimate of drug-likeness (QED) is 0.618. The smallest absolute Gasteiger partial charge is 0.264 e. The van der Waals surface area contributed by atoms with Gasteiger partial charge in [0.2, 0.25) is 0 Å². The fourth-order valence-corrected chi connectivity index (χ4v) is 3.81. The molecule has 0 aromatic heterocycles. The van der Waals surface area contributed by atoms with E-state index in [2.05, 4.69) is 5.32 Å². The predicted molar refractivity (Wildman–Crippen MR) is 123 cm³/mol. The molecule has 0 fully saturated rings.